The summed E-state index contributed by atoms with van der Waals surface area (Å²) in [5.74, 6) is -0.679. The molecule has 1 aliphatic rings. The fraction of sp³-hybridized carbons (Fsp3) is 0.278. The molecule has 3 rings (SSSR count). The Morgan fingerprint density at radius 2 is 1.74 bits per heavy atom. The smallest absolute Gasteiger partial charge is 0.354 e. The lowest BCUT2D eigenvalue weighted by Crippen LogP contribution is -2.38. The zero-order valence-corrected chi connectivity index (χ0v) is 12.7. The number of piperidine rings is 1. The van der Waals surface area contributed by atoms with Crippen LogP contribution in [0.4, 0.5) is 0 Å². The van der Waals surface area contributed by atoms with E-state index in [9.17, 15) is 9.59 Å². The summed E-state index contributed by atoms with van der Waals surface area (Å²) in [6, 6.07) is 13.3. The molecule has 0 aliphatic carbocycles. The lowest BCUT2D eigenvalue weighted by Gasteiger charge is -2.32. The van der Waals surface area contributed by atoms with E-state index in [1.807, 2.05) is 23.1 Å². The van der Waals surface area contributed by atoms with Crippen molar-refractivity contribution in [1.82, 2.24) is 9.88 Å². The van der Waals surface area contributed by atoms with E-state index < -0.39 is 5.97 Å². The van der Waals surface area contributed by atoms with Crippen molar-refractivity contribution in [2.45, 2.75) is 18.8 Å². The number of carboxylic acid groups (broad SMARTS) is 1. The topological polar surface area (TPSA) is 70.5 Å². The summed E-state index contributed by atoms with van der Waals surface area (Å²) in [5, 5.41) is 8.84. The van der Waals surface area contributed by atoms with E-state index >= 15 is 0 Å². The van der Waals surface area contributed by atoms with Crippen molar-refractivity contribution in [3.63, 3.8) is 0 Å². The van der Waals surface area contributed by atoms with E-state index in [1.165, 1.54) is 23.9 Å². The first kappa shape index (κ1) is 15.2. The molecule has 0 atom stereocenters. The standard InChI is InChI=1S/C18H18N2O3/c21-17(15-6-7-16(18(22)23)19-12-15)20-10-8-14(9-11-20)13-4-2-1-3-5-13/h1-7,12,14H,8-11H2,(H,22,23). The molecule has 1 fully saturated rings. The van der Waals surface area contributed by atoms with Gasteiger partial charge in [0.15, 0.2) is 0 Å². The van der Waals surface area contributed by atoms with Crippen molar-refractivity contribution in [1.29, 1.82) is 0 Å². The molecule has 0 spiro atoms. The molecule has 0 unspecified atom stereocenters. The molecule has 118 valence electrons. The number of hydrogen-bond donors (Lipinski definition) is 1. The van der Waals surface area contributed by atoms with Crippen LogP contribution < -0.4 is 0 Å². The lowest BCUT2D eigenvalue weighted by atomic mass is 9.89. The van der Waals surface area contributed by atoms with E-state index in [0.717, 1.165) is 12.8 Å². The third-order valence-corrected chi connectivity index (χ3v) is 4.28. The van der Waals surface area contributed by atoms with Gasteiger partial charge < -0.3 is 10.0 Å². The Morgan fingerprint density at radius 1 is 1.04 bits per heavy atom. The number of aromatic carboxylic acids is 1. The molecule has 1 aliphatic heterocycles. The molecule has 1 saturated heterocycles. The average Bonchev–Trinajstić information content (AvgIpc) is 2.62. The Kier molecular flexibility index (Phi) is 4.37. The molecule has 5 nitrogen and oxygen atoms in total. The highest BCUT2D eigenvalue weighted by Crippen LogP contribution is 2.28. The Labute approximate surface area is 134 Å². The quantitative estimate of drug-likeness (QED) is 0.946. The second-order valence-electron chi connectivity index (χ2n) is 5.71. The Bertz CT molecular complexity index is 690. The fourth-order valence-corrected chi connectivity index (χ4v) is 2.97. The minimum atomic E-state index is -1.09. The number of aromatic nitrogens is 1. The van der Waals surface area contributed by atoms with Crippen LogP contribution in [0.2, 0.25) is 0 Å². The Morgan fingerprint density at radius 3 is 2.30 bits per heavy atom. The molecule has 2 heterocycles. The van der Waals surface area contributed by atoms with Crippen molar-refractivity contribution in [2.24, 2.45) is 0 Å². The zero-order valence-electron chi connectivity index (χ0n) is 12.7. The molecule has 1 amide bonds. The summed E-state index contributed by atoms with van der Waals surface area (Å²) in [4.78, 5) is 28.9. The first-order chi connectivity index (χ1) is 11.1. The predicted molar refractivity (Wildman–Crippen MR) is 85.5 cm³/mol. The van der Waals surface area contributed by atoms with Gasteiger partial charge in [0.2, 0.25) is 0 Å². The number of pyridine rings is 1. The summed E-state index contributed by atoms with van der Waals surface area (Å²) in [5.41, 5.74) is 1.71. The van der Waals surface area contributed by atoms with Gasteiger partial charge in [-0.05, 0) is 36.5 Å². The Balaban J connectivity index is 1.63. The van der Waals surface area contributed by atoms with Gasteiger partial charge >= 0.3 is 5.97 Å². The van der Waals surface area contributed by atoms with Crippen LogP contribution in [0.15, 0.2) is 48.7 Å². The highest BCUT2D eigenvalue weighted by molar-refractivity contribution is 5.95. The van der Waals surface area contributed by atoms with Crippen molar-refractivity contribution < 1.29 is 14.7 Å². The number of amides is 1. The average molecular weight is 310 g/mol. The summed E-state index contributed by atoms with van der Waals surface area (Å²) in [6.07, 6.45) is 3.22. The molecular formula is C18H18N2O3. The number of hydrogen-bond acceptors (Lipinski definition) is 3. The molecule has 1 aromatic heterocycles. The van der Waals surface area contributed by atoms with Crippen molar-refractivity contribution >= 4 is 11.9 Å². The molecule has 0 bridgehead atoms. The van der Waals surface area contributed by atoms with Crippen LogP contribution in [0.5, 0.6) is 0 Å². The molecule has 0 radical (unpaired) electrons. The van der Waals surface area contributed by atoms with Crippen LogP contribution in [0.25, 0.3) is 0 Å². The maximum Gasteiger partial charge on any atom is 0.354 e. The maximum atomic E-state index is 12.5. The molecule has 5 heteroatoms. The van der Waals surface area contributed by atoms with Gasteiger partial charge in [-0.25, -0.2) is 9.78 Å². The van der Waals surface area contributed by atoms with Gasteiger partial charge in [0.1, 0.15) is 5.69 Å². The summed E-state index contributed by atoms with van der Waals surface area (Å²) in [7, 11) is 0. The number of carbonyl (C=O) groups excluding carboxylic acids is 1. The minimum absolute atomic E-state index is 0.0515. The normalized spacial score (nSPS) is 15.4. The van der Waals surface area contributed by atoms with Crippen LogP contribution in [0.3, 0.4) is 0 Å². The monoisotopic (exact) mass is 310 g/mol. The van der Waals surface area contributed by atoms with E-state index in [4.69, 9.17) is 5.11 Å². The number of nitrogens with zero attached hydrogens (tertiary/aromatic N) is 2. The number of benzene rings is 1. The summed E-state index contributed by atoms with van der Waals surface area (Å²) >= 11 is 0. The Hall–Kier alpha value is -2.69. The van der Waals surface area contributed by atoms with Crippen molar-refractivity contribution in [2.75, 3.05) is 13.1 Å². The molecule has 1 aromatic carbocycles. The zero-order chi connectivity index (χ0) is 16.2. The second kappa shape index (κ2) is 6.60. The van der Waals surface area contributed by atoms with Gasteiger partial charge in [-0.3, -0.25) is 4.79 Å². The highest BCUT2D eigenvalue weighted by Gasteiger charge is 2.24. The van der Waals surface area contributed by atoms with Crippen molar-refractivity contribution in [3.8, 4) is 0 Å². The number of carboxylic acids is 1. The van der Waals surface area contributed by atoms with Crippen LogP contribution in [-0.4, -0.2) is 40.0 Å². The van der Waals surface area contributed by atoms with E-state index in [0.29, 0.717) is 24.6 Å². The summed E-state index contributed by atoms with van der Waals surface area (Å²) < 4.78 is 0. The first-order valence-electron chi connectivity index (χ1n) is 7.68. The molecule has 0 saturated carbocycles. The van der Waals surface area contributed by atoms with Crippen LogP contribution in [-0.2, 0) is 0 Å². The van der Waals surface area contributed by atoms with Crippen LogP contribution >= 0.6 is 0 Å². The van der Waals surface area contributed by atoms with Gasteiger partial charge in [0.25, 0.3) is 5.91 Å². The van der Waals surface area contributed by atoms with Gasteiger partial charge in [-0.15, -0.1) is 0 Å². The van der Waals surface area contributed by atoms with Crippen LogP contribution in [0, 0.1) is 0 Å². The number of rotatable bonds is 3. The fourth-order valence-electron chi connectivity index (χ4n) is 2.97. The molecule has 23 heavy (non-hydrogen) atoms. The minimum Gasteiger partial charge on any atom is -0.477 e. The van der Waals surface area contributed by atoms with E-state index in [1.54, 1.807) is 0 Å². The largest absolute Gasteiger partial charge is 0.477 e. The van der Waals surface area contributed by atoms with E-state index in [2.05, 4.69) is 17.1 Å². The van der Waals surface area contributed by atoms with Gasteiger partial charge in [-0.2, -0.15) is 0 Å². The first-order valence-corrected chi connectivity index (χ1v) is 7.68. The van der Waals surface area contributed by atoms with Crippen molar-refractivity contribution in [3.05, 3.63) is 65.5 Å². The SMILES string of the molecule is O=C(O)c1ccc(C(=O)N2CCC(c3ccccc3)CC2)cn1. The van der Waals surface area contributed by atoms with Gasteiger partial charge in [-0.1, -0.05) is 30.3 Å². The van der Waals surface area contributed by atoms with E-state index in [-0.39, 0.29) is 11.6 Å². The van der Waals surface area contributed by atoms with Crippen LogP contribution in [0.1, 0.15) is 45.2 Å². The van der Waals surface area contributed by atoms with Gasteiger partial charge in [0.05, 0.1) is 5.56 Å². The molecule has 1 N–H and O–H groups in total. The number of likely N-dealkylation sites (tertiary alicyclic amines) is 1. The molecular weight excluding hydrogens is 292 g/mol. The van der Waals surface area contributed by atoms with Gasteiger partial charge in [0, 0.05) is 19.3 Å². The predicted octanol–water partition coefficient (Wildman–Crippen LogP) is 2.80. The third kappa shape index (κ3) is 3.39. The molecule has 2 aromatic rings. The number of carbonyl (C=O) groups is 2. The second-order valence-corrected chi connectivity index (χ2v) is 5.71. The highest BCUT2D eigenvalue weighted by atomic mass is 16.4. The maximum absolute atomic E-state index is 12.5. The summed E-state index contributed by atoms with van der Waals surface area (Å²) in [6.45, 7) is 1.41. The third-order valence-electron chi connectivity index (χ3n) is 4.28. The lowest BCUT2D eigenvalue weighted by molar-refractivity contribution is 0.0682.